The fourth-order valence-corrected chi connectivity index (χ4v) is 6.61. The molecule has 0 bridgehead atoms. The molecular formula is C29H30N2O4S. The van der Waals surface area contributed by atoms with Gasteiger partial charge in [0, 0.05) is 12.8 Å². The number of nitrogens with zero attached hydrogens (tertiary/aromatic N) is 1. The van der Waals surface area contributed by atoms with Gasteiger partial charge in [-0.25, -0.2) is 8.42 Å². The normalized spacial score (nSPS) is 20.3. The minimum Gasteiger partial charge on any atom is -0.342 e. The first kappa shape index (κ1) is 24.3. The standard InChI is InChI=1S/C29H30N2O4S/c1-3-19-10-6-8-14-24(19)27-28(32)30-26(23-16-20-11-4-5-12-21(20)17-23)29(33)31(27)18-22-13-7-9-15-25(22)36(2,34)35/h4-15,23,26-27H,3,16-18H2,1-2H3,(H,30,32). The maximum Gasteiger partial charge on any atom is 0.248 e. The van der Waals surface area contributed by atoms with Gasteiger partial charge in [0.15, 0.2) is 9.84 Å². The molecule has 2 atom stereocenters. The van der Waals surface area contributed by atoms with Crippen molar-refractivity contribution in [1.29, 1.82) is 0 Å². The molecule has 5 rings (SSSR count). The fraction of sp³-hybridized carbons (Fsp3) is 0.310. The number of nitrogens with one attached hydrogen (secondary N) is 1. The van der Waals surface area contributed by atoms with Crippen LogP contribution >= 0.6 is 0 Å². The Labute approximate surface area is 212 Å². The SMILES string of the molecule is CCc1ccccc1C1C(=O)NC(C2Cc3ccccc3C2)C(=O)N1Cc1ccccc1S(C)(=O)=O. The van der Waals surface area contributed by atoms with Gasteiger partial charge in [0.25, 0.3) is 0 Å². The van der Waals surface area contributed by atoms with Crippen molar-refractivity contribution in [2.75, 3.05) is 6.26 Å². The van der Waals surface area contributed by atoms with Crippen LogP contribution in [0.15, 0.2) is 77.7 Å². The molecule has 0 saturated carbocycles. The van der Waals surface area contributed by atoms with E-state index in [9.17, 15) is 18.0 Å². The number of aryl methyl sites for hydroxylation is 1. The Hall–Kier alpha value is -3.45. The van der Waals surface area contributed by atoms with E-state index in [-0.39, 0.29) is 29.2 Å². The molecular weight excluding hydrogens is 472 g/mol. The number of benzene rings is 3. The minimum absolute atomic E-state index is 0.0361. The number of amides is 2. The quantitative estimate of drug-likeness (QED) is 0.558. The van der Waals surface area contributed by atoms with E-state index in [0.717, 1.165) is 24.0 Å². The van der Waals surface area contributed by atoms with E-state index in [1.807, 2.05) is 43.3 Å². The molecule has 6 nitrogen and oxygen atoms in total. The van der Waals surface area contributed by atoms with Gasteiger partial charge in [-0.05, 0) is 59.1 Å². The lowest BCUT2D eigenvalue weighted by Gasteiger charge is -2.41. The van der Waals surface area contributed by atoms with Gasteiger partial charge in [0.1, 0.15) is 12.1 Å². The summed E-state index contributed by atoms with van der Waals surface area (Å²) >= 11 is 0. The summed E-state index contributed by atoms with van der Waals surface area (Å²) in [6, 6.07) is 21.0. The second-order valence-electron chi connectivity index (χ2n) is 9.72. The monoisotopic (exact) mass is 502 g/mol. The van der Waals surface area contributed by atoms with Crippen LogP contribution in [-0.2, 0) is 45.2 Å². The summed E-state index contributed by atoms with van der Waals surface area (Å²) in [5, 5.41) is 3.06. The first-order valence-electron chi connectivity index (χ1n) is 12.3. The van der Waals surface area contributed by atoms with Gasteiger partial charge >= 0.3 is 0 Å². The number of carbonyl (C=O) groups excluding carboxylic acids is 2. The van der Waals surface area contributed by atoms with Gasteiger partial charge in [0.05, 0.1) is 4.90 Å². The molecule has 2 amide bonds. The molecule has 1 fully saturated rings. The predicted molar refractivity (Wildman–Crippen MR) is 138 cm³/mol. The number of rotatable bonds is 6. The zero-order valence-corrected chi connectivity index (χ0v) is 21.3. The Morgan fingerprint density at radius 1 is 0.861 bits per heavy atom. The molecule has 2 aliphatic rings. The van der Waals surface area contributed by atoms with Crippen LogP contribution < -0.4 is 5.32 Å². The highest BCUT2D eigenvalue weighted by molar-refractivity contribution is 7.90. The predicted octanol–water partition coefficient (Wildman–Crippen LogP) is 3.64. The Bertz CT molecular complexity index is 1410. The summed E-state index contributed by atoms with van der Waals surface area (Å²) in [6.07, 6.45) is 3.32. The number of piperazine rings is 1. The lowest BCUT2D eigenvalue weighted by atomic mass is 9.88. The van der Waals surface area contributed by atoms with Crippen molar-refractivity contribution in [1.82, 2.24) is 10.2 Å². The molecule has 0 aromatic heterocycles. The van der Waals surface area contributed by atoms with Crippen molar-refractivity contribution in [3.63, 3.8) is 0 Å². The highest BCUT2D eigenvalue weighted by atomic mass is 32.2. The fourth-order valence-electron chi connectivity index (χ4n) is 5.67. The smallest absolute Gasteiger partial charge is 0.248 e. The second-order valence-corrected chi connectivity index (χ2v) is 11.7. The number of hydrogen-bond donors (Lipinski definition) is 1. The van der Waals surface area contributed by atoms with Crippen molar-refractivity contribution in [2.24, 2.45) is 5.92 Å². The van der Waals surface area contributed by atoms with Gasteiger partial charge in [-0.2, -0.15) is 0 Å². The number of fused-ring (bicyclic) bond motifs is 1. The maximum absolute atomic E-state index is 14.1. The third-order valence-corrected chi connectivity index (χ3v) is 8.60. The molecule has 1 heterocycles. The van der Waals surface area contributed by atoms with Gasteiger partial charge < -0.3 is 10.2 Å². The number of sulfone groups is 1. The Kier molecular flexibility index (Phi) is 6.43. The van der Waals surface area contributed by atoms with E-state index in [1.54, 1.807) is 29.2 Å². The van der Waals surface area contributed by atoms with E-state index in [0.29, 0.717) is 12.0 Å². The van der Waals surface area contributed by atoms with Crippen LogP contribution in [0.4, 0.5) is 0 Å². The van der Waals surface area contributed by atoms with Gasteiger partial charge in [-0.1, -0.05) is 73.7 Å². The lowest BCUT2D eigenvalue weighted by molar-refractivity contribution is -0.152. The topological polar surface area (TPSA) is 83.6 Å². The summed E-state index contributed by atoms with van der Waals surface area (Å²) in [5.41, 5.74) is 4.68. The number of hydrogen-bond acceptors (Lipinski definition) is 4. The molecule has 7 heteroatoms. The van der Waals surface area contributed by atoms with Crippen LogP contribution in [-0.4, -0.2) is 37.4 Å². The van der Waals surface area contributed by atoms with E-state index in [1.165, 1.54) is 17.4 Å². The third-order valence-electron chi connectivity index (χ3n) is 7.40. The van der Waals surface area contributed by atoms with Crippen molar-refractivity contribution < 1.29 is 18.0 Å². The van der Waals surface area contributed by atoms with Crippen LogP contribution in [0.2, 0.25) is 0 Å². The van der Waals surface area contributed by atoms with Gasteiger partial charge in [-0.15, -0.1) is 0 Å². The van der Waals surface area contributed by atoms with E-state index in [4.69, 9.17) is 0 Å². The molecule has 186 valence electrons. The zero-order valence-electron chi connectivity index (χ0n) is 20.5. The van der Waals surface area contributed by atoms with Crippen LogP contribution in [0.5, 0.6) is 0 Å². The highest BCUT2D eigenvalue weighted by Gasteiger charge is 2.46. The minimum atomic E-state index is -3.51. The average molecular weight is 503 g/mol. The lowest BCUT2D eigenvalue weighted by Crippen LogP contribution is -2.61. The van der Waals surface area contributed by atoms with Gasteiger partial charge in [0.2, 0.25) is 11.8 Å². The summed E-state index contributed by atoms with van der Waals surface area (Å²) in [4.78, 5) is 29.6. The van der Waals surface area contributed by atoms with Crippen LogP contribution in [0.25, 0.3) is 0 Å². The van der Waals surface area contributed by atoms with Crippen LogP contribution in [0.3, 0.4) is 0 Å². The highest BCUT2D eigenvalue weighted by Crippen LogP contribution is 2.36. The Morgan fingerprint density at radius 2 is 1.44 bits per heavy atom. The van der Waals surface area contributed by atoms with Crippen molar-refractivity contribution >= 4 is 21.7 Å². The van der Waals surface area contributed by atoms with Crippen molar-refractivity contribution in [2.45, 2.75) is 49.7 Å². The van der Waals surface area contributed by atoms with E-state index in [2.05, 4.69) is 17.4 Å². The number of carbonyl (C=O) groups is 2. The summed E-state index contributed by atoms with van der Waals surface area (Å²) in [7, 11) is -3.51. The average Bonchev–Trinajstić information content (AvgIpc) is 3.30. The van der Waals surface area contributed by atoms with Crippen LogP contribution in [0, 0.1) is 5.92 Å². The molecule has 1 aliphatic carbocycles. The molecule has 1 N–H and O–H groups in total. The molecule has 1 saturated heterocycles. The Balaban J connectivity index is 1.56. The molecule has 0 radical (unpaired) electrons. The molecule has 36 heavy (non-hydrogen) atoms. The molecule has 2 unspecified atom stereocenters. The molecule has 3 aromatic carbocycles. The largest absolute Gasteiger partial charge is 0.342 e. The Morgan fingerprint density at radius 3 is 2.08 bits per heavy atom. The van der Waals surface area contributed by atoms with Crippen molar-refractivity contribution in [3.05, 3.63) is 101 Å². The molecule has 3 aromatic rings. The summed E-state index contributed by atoms with van der Waals surface area (Å²) in [6.45, 7) is 2.05. The first-order chi connectivity index (χ1) is 17.3. The summed E-state index contributed by atoms with van der Waals surface area (Å²) in [5.74, 6) is -0.450. The first-order valence-corrected chi connectivity index (χ1v) is 14.2. The van der Waals surface area contributed by atoms with E-state index < -0.39 is 21.9 Å². The van der Waals surface area contributed by atoms with Crippen molar-refractivity contribution in [3.8, 4) is 0 Å². The van der Waals surface area contributed by atoms with E-state index >= 15 is 0 Å². The second kappa shape index (κ2) is 9.54. The maximum atomic E-state index is 14.1. The molecule has 0 spiro atoms. The third kappa shape index (κ3) is 4.44. The molecule has 1 aliphatic heterocycles. The van der Waals surface area contributed by atoms with Crippen LogP contribution in [0.1, 0.15) is 40.8 Å². The van der Waals surface area contributed by atoms with Gasteiger partial charge in [-0.3, -0.25) is 9.59 Å². The zero-order chi connectivity index (χ0) is 25.4. The summed E-state index contributed by atoms with van der Waals surface area (Å²) < 4.78 is 25.0.